The molecule has 9 heteroatoms. The second-order valence-corrected chi connectivity index (χ2v) is 10.4. The number of amides is 1. The molecule has 0 aliphatic carbocycles. The molecule has 3 heterocycles. The van der Waals surface area contributed by atoms with E-state index in [0.717, 1.165) is 44.1 Å². The Kier molecular flexibility index (Phi) is 8.09. The van der Waals surface area contributed by atoms with Crippen molar-refractivity contribution in [2.45, 2.75) is 26.9 Å². The number of hydrogen-bond acceptors (Lipinski definition) is 7. The van der Waals surface area contributed by atoms with Crippen LogP contribution in [0.15, 0.2) is 52.7 Å². The molecule has 2 fully saturated rings. The van der Waals surface area contributed by atoms with Gasteiger partial charge in [0.05, 0.1) is 4.91 Å². The first kappa shape index (κ1) is 25.9. The molecule has 4 rings (SSSR count). The van der Waals surface area contributed by atoms with Gasteiger partial charge in [-0.25, -0.2) is 0 Å². The largest absolute Gasteiger partial charge is 0.355 e. The van der Waals surface area contributed by atoms with Gasteiger partial charge < -0.3 is 4.90 Å². The number of nitrogens with zero attached hydrogens (tertiary/aromatic N) is 5. The number of rotatable bonds is 7. The molecule has 1 aromatic carbocycles. The van der Waals surface area contributed by atoms with Gasteiger partial charge in [-0.05, 0) is 31.1 Å². The van der Waals surface area contributed by atoms with Crippen molar-refractivity contribution < 1.29 is 4.79 Å². The minimum Gasteiger partial charge on any atom is -0.355 e. The molecule has 0 unspecified atom stereocenters. The summed E-state index contributed by atoms with van der Waals surface area (Å²) in [6.45, 7) is 12.2. The third-order valence-corrected chi connectivity index (χ3v) is 7.92. The van der Waals surface area contributed by atoms with Crippen molar-refractivity contribution >= 4 is 46.1 Å². The van der Waals surface area contributed by atoms with Crippen molar-refractivity contribution in [2.75, 3.05) is 37.6 Å². The summed E-state index contributed by atoms with van der Waals surface area (Å²) in [5, 5.41) is 9.77. The first-order valence-corrected chi connectivity index (χ1v) is 13.2. The smallest absolute Gasteiger partial charge is 0.270 e. The van der Waals surface area contributed by atoms with Crippen LogP contribution in [0.25, 0.3) is 6.08 Å². The summed E-state index contributed by atoms with van der Waals surface area (Å²) in [5.41, 5.74) is 2.39. The van der Waals surface area contributed by atoms with E-state index in [-0.39, 0.29) is 17.0 Å². The molecule has 0 saturated carbocycles. The number of nitriles is 1. The van der Waals surface area contributed by atoms with Crippen LogP contribution < -0.4 is 10.5 Å². The van der Waals surface area contributed by atoms with E-state index in [0.29, 0.717) is 27.9 Å². The summed E-state index contributed by atoms with van der Waals surface area (Å²) in [4.78, 5) is 32.9. The molecule has 0 N–H and O–H groups in total. The number of thiocarbonyl (C=S) groups is 1. The maximum Gasteiger partial charge on any atom is 0.270 e. The fourth-order valence-electron chi connectivity index (χ4n) is 4.66. The summed E-state index contributed by atoms with van der Waals surface area (Å²) < 4.78 is 2.14. The first-order valence-electron chi connectivity index (χ1n) is 11.9. The molecule has 0 spiro atoms. The molecular formula is C27H29N5O2S2. The van der Waals surface area contributed by atoms with Gasteiger partial charge in [0, 0.05) is 51.4 Å². The molecule has 0 bridgehead atoms. The molecule has 2 aliphatic rings. The topological polar surface area (TPSA) is 72.6 Å². The predicted octanol–water partition coefficient (Wildman–Crippen LogP) is 3.76. The number of carbonyl (C=O) groups is 1. The lowest BCUT2D eigenvalue weighted by molar-refractivity contribution is -0.121. The number of carbonyl (C=O) groups excluding carboxylic acids is 1. The zero-order valence-electron chi connectivity index (χ0n) is 20.6. The predicted molar refractivity (Wildman–Crippen MR) is 150 cm³/mol. The van der Waals surface area contributed by atoms with Gasteiger partial charge in [-0.1, -0.05) is 60.4 Å². The van der Waals surface area contributed by atoms with Crippen molar-refractivity contribution in [1.82, 2.24) is 14.4 Å². The van der Waals surface area contributed by atoms with Gasteiger partial charge in [0.15, 0.2) is 0 Å². The van der Waals surface area contributed by atoms with Gasteiger partial charge in [-0.2, -0.15) is 5.26 Å². The second kappa shape index (κ2) is 11.2. The third-order valence-electron chi connectivity index (χ3n) is 6.54. The lowest BCUT2D eigenvalue weighted by atomic mass is 10.0. The van der Waals surface area contributed by atoms with Crippen LogP contribution in [-0.4, -0.2) is 57.3 Å². The Bertz CT molecular complexity index is 1320. The molecule has 186 valence electrons. The fraction of sp³-hybridized carbons (Fsp3) is 0.333. The van der Waals surface area contributed by atoms with Crippen LogP contribution in [0.1, 0.15) is 29.2 Å². The SMILES string of the molecule is C=CCN1C(=O)C(=Cc2c(C)c(C#N)c(=O)n(CC)c2N2CCN(Cc3ccccc3)CC2)SC1=S. The number of hydrogen-bond donors (Lipinski definition) is 0. The van der Waals surface area contributed by atoms with E-state index < -0.39 is 0 Å². The van der Waals surface area contributed by atoms with Crippen LogP contribution >= 0.6 is 24.0 Å². The van der Waals surface area contributed by atoms with Gasteiger partial charge in [0.1, 0.15) is 21.8 Å². The fourth-order valence-corrected chi connectivity index (χ4v) is 5.91. The Balaban J connectivity index is 1.72. The van der Waals surface area contributed by atoms with Crippen molar-refractivity contribution in [3.05, 3.63) is 80.5 Å². The van der Waals surface area contributed by atoms with Crippen molar-refractivity contribution in [2.24, 2.45) is 0 Å². The summed E-state index contributed by atoms with van der Waals surface area (Å²) in [7, 11) is 0. The summed E-state index contributed by atoms with van der Waals surface area (Å²) in [6, 6.07) is 12.5. The van der Waals surface area contributed by atoms with E-state index in [1.807, 2.05) is 13.0 Å². The van der Waals surface area contributed by atoms with Crippen LogP contribution in [0.5, 0.6) is 0 Å². The molecule has 1 aromatic heterocycles. The Labute approximate surface area is 221 Å². The molecule has 2 aliphatic heterocycles. The van der Waals surface area contributed by atoms with Gasteiger partial charge in [-0.3, -0.25) is 24.0 Å². The van der Waals surface area contributed by atoms with Crippen LogP contribution in [0.4, 0.5) is 5.82 Å². The Morgan fingerprint density at radius 3 is 2.47 bits per heavy atom. The Morgan fingerprint density at radius 1 is 1.17 bits per heavy atom. The van der Waals surface area contributed by atoms with Crippen LogP contribution in [0.3, 0.4) is 0 Å². The normalized spacial score (nSPS) is 17.6. The van der Waals surface area contributed by atoms with E-state index >= 15 is 0 Å². The molecule has 2 saturated heterocycles. The molecule has 36 heavy (non-hydrogen) atoms. The number of pyridine rings is 1. The van der Waals surface area contributed by atoms with E-state index in [1.54, 1.807) is 23.6 Å². The standard InChI is InChI=1S/C27H29N5O2S2/c1-4-11-32-26(34)23(36-27(32)35)16-21-19(3)22(17-28)25(33)31(5-2)24(21)30-14-12-29(13-15-30)18-20-9-7-6-8-10-20/h4,6-10,16H,1,5,11-15,18H2,2-3H3. The molecule has 1 amide bonds. The van der Waals surface area contributed by atoms with Gasteiger partial charge in [0.25, 0.3) is 11.5 Å². The van der Waals surface area contributed by atoms with E-state index in [2.05, 4.69) is 46.7 Å². The van der Waals surface area contributed by atoms with E-state index in [1.165, 1.54) is 22.2 Å². The Morgan fingerprint density at radius 2 is 1.86 bits per heavy atom. The number of thioether (sulfide) groups is 1. The highest BCUT2D eigenvalue weighted by atomic mass is 32.2. The van der Waals surface area contributed by atoms with E-state index in [9.17, 15) is 14.9 Å². The lowest BCUT2D eigenvalue weighted by Crippen LogP contribution is -2.48. The average Bonchev–Trinajstić information content (AvgIpc) is 3.14. The second-order valence-electron chi connectivity index (χ2n) is 8.73. The highest BCUT2D eigenvalue weighted by Crippen LogP contribution is 2.36. The van der Waals surface area contributed by atoms with Crippen molar-refractivity contribution in [3.8, 4) is 6.07 Å². The van der Waals surface area contributed by atoms with Gasteiger partial charge >= 0.3 is 0 Å². The molecule has 0 atom stereocenters. The maximum atomic E-state index is 13.2. The van der Waals surface area contributed by atoms with Crippen molar-refractivity contribution in [1.29, 1.82) is 5.26 Å². The Hall–Kier alpha value is -3.19. The van der Waals surface area contributed by atoms with Crippen LogP contribution in [0, 0.1) is 18.3 Å². The van der Waals surface area contributed by atoms with Crippen molar-refractivity contribution in [3.63, 3.8) is 0 Å². The number of aromatic nitrogens is 1. The van der Waals surface area contributed by atoms with E-state index in [4.69, 9.17) is 12.2 Å². The van der Waals surface area contributed by atoms with Gasteiger partial charge in [-0.15, -0.1) is 6.58 Å². The molecule has 7 nitrogen and oxygen atoms in total. The quantitative estimate of drug-likeness (QED) is 0.313. The third kappa shape index (κ3) is 5.03. The minimum absolute atomic E-state index is 0.108. The number of anilines is 1. The average molecular weight is 520 g/mol. The lowest BCUT2D eigenvalue weighted by Gasteiger charge is -2.38. The summed E-state index contributed by atoms with van der Waals surface area (Å²) in [6.07, 6.45) is 3.44. The minimum atomic E-state index is -0.296. The monoisotopic (exact) mass is 519 g/mol. The number of benzene rings is 1. The van der Waals surface area contributed by atoms with Crippen LogP contribution in [-0.2, 0) is 17.9 Å². The summed E-state index contributed by atoms with van der Waals surface area (Å²) in [5.74, 6) is 0.572. The zero-order chi connectivity index (χ0) is 25.8. The number of piperazine rings is 1. The van der Waals surface area contributed by atoms with Gasteiger partial charge in [0.2, 0.25) is 0 Å². The molecule has 2 aromatic rings. The molecule has 0 radical (unpaired) electrons. The summed E-state index contributed by atoms with van der Waals surface area (Å²) >= 11 is 6.65. The van der Waals surface area contributed by atoms with Crippen LogP contribution in [0.2, 0.25) is 0 Å². The highest BCUT2D eigenvalue weighted by Gasteiger charge is 2.33. The first-order chi connectivity index (χ1) is 17.4. The maximum absolute atomic E-state index is 13.2. The molecular weight excluding hydrogens is 490 g/mol. The highest BCUT2D eigenvalue weighted by molar-refractivity contribution is 8.26. The zero-order valence-corrected chi connectivity index (χ0v) is 22.2.